The topological polar surface area (TPSA) is 24.9 Å². The van der Waals surface area contributed by atoms with Gasteiger partial charge in [0.2, 0.25) is 0 Å². The molecule has 0 fully saturated rings. The van der Waals surface area contributed by atoms with Crippen LogP contribution in [0.5, 0.6) is 0 Å². The number of fused-ring (bicyclic) bond motifs is 1. The molecule has 0 aliphatic heterocycles. The van der Waals surface area contributed by atoms with Gasteiger partial charge in [-0.15, -0.1) is 0 Å². The average Bonchev–Trinajstić information content (AvgIpc) is 2.27. The molecule has 0 aliphatic rings. The van der Waals surface area contributed by atoms with Gasteiger partial charge < -0.3 is 5.32 Å². The van der Waals surface area contributed by atoms with Gasteiger partial charge in [0.1, 0.15) is 5.82 Å². The fraction of sp³-hybridized carbons (Fsp3) is 0.400. The zero-order chi connectivity index (χ0) is 12.4. The Morgan fingerprint density at radius 2 is 1.76 bits per heavy atom. The lowest BCUT2D eigenvalue weighted by atomic mass is 10.0. The van der Waals surface area contributed by atoms with Crippen LogP contribution in [0.1, 0.15) is 39.2 Å². The third-order valence-corrected chi connectivity index (χ3v) is 2.82. The summed E-state index contributed by atoms with van der Waals surface area (Å²) >= 11 is 0. The first-order chi connectivity index (χ1) is 8.06. The van der Waals surface area contributed by atoms with Crippen molar-refractivity contribution in [2.75, 3.05) is 5.32 Å². The Balaban J connectivity index is 2.39. The quantitative estimate of drug-likeness (QED) is 0.852. The van der Waals surface area contributed by atoms with Crippen molar-refractivity contribution < 1.29 is 0 Å². The van der Waals surface area contributed by atoms with Crippen molar-refractivity contribution in [3.63, 3.8) is 0 Å². The molecule has 1 heterocycles. The Morgan fingerprint density at radius 1 is 1.00 bits per heavy atom. The maximum absolute atomic E-state index is 4.60. The Bertz CT molecular complexity index is 515. The third-order valence-electron chi connectivity index (χ3n) is 2.82. The van der Waals surface area contributed by atoms with Gasteiger partial charge in [-0.05, 0) is 49.6 Å². The molecule has 0 saturated heterocycles. The maximum Gasteiger partial charge on any atom is 0.126 e. The number of hydrogen-bond acceptors (Lipinski definition) is 2. The highest BCUT2D eigenvalue weighted by molar-refractivity contribution is 5.81. The predicted molar refractivity (Wildman–Crippen MR) is 74.6 cm³/mol. The summed E-state index contributed by atoms with van der Waals surface area (Å²) in [6, 6.07) is 11.1. The van der Waals surface area contributed by atoms with E-state index in [0.29, 0.717) is 12.0 Å². The van der Waals surface area contributed by atoms with E-state index in [9.17, 15) is 0 Å². The molecule has 0 bridgehead atoms. The van der Waals surface area contributed by atoms with E-state index in [1.807, 2.05) is 6.07 Å². The van der Waals surface area contributed by atoms with Gasteiger partial charge in [-0.2, -0.15) is 0 Å². The molecule has 0 amide bonds. The molecule has 2 rings (SSSR count). The van der Waals surface area contributed by atoms with E-state index in [0.717, 1.165) is 11.3 Å². The van der Waals surface area contributed by atoms with Crippen LogP contribution in [0.2, 0.25) is 0 Å². The minimum absolute atomic E-state index is 0.412. The number of anilines is 1. The van der Waals surface area contributed by atoms with Crippen LogP contribution in [0, 0.1) is 0 Å². The summed E-state index contributed by atoms with van der Waals surface area (Å²) in [6.07, 6.45) is 0. The lowest BCUT2D eigenvalue weighted by molar-refractivity contribution is 0.868. The molecule has 17 heavy (non-hydrogen) atoms. The molecule has 0 atom stereocenters. The zero-order valence-corrected chi connectivity index (χ0v) is 11.0. The van der Waals surface area contributed by atoms with Crippen LogP contribution in [-0.4, -0.2) is 11.0 Å². The van der Waals surface area contributed by atoms with Gasteiger partial charge in [0.25, 0.3) is 0 Å². The number of nitrogens with zero attached hydrogens (tertiary/aromatic N) is 1. The molecule has 2 heteroatoms. The van der Waals surface area contributed by atoms with Crippen molar-refractivity contribution in [1.82, 2.24) is 4.98 Å². The van der Waals surface area contributed by atoms with Crippen molar-refractivity contribution >= 4 is 16.7 Å². The van der Waals surface area contributed by atoms with Gasteiger partial charge in [-0.3, -0.25) is 0 Å². The largest absolute Gasteiger partial charge is 0.368 e. The minimum Gasteiger partial charge on any atom is -0.368 e. The average molecular weight is 228 g/mol. The van der Waals surface area contributed by atoms with Crippen molar-refractivity contribution in [2.45, 2.75) is 39.7 Å². The van der Waals surface area contributed by atoms with Crippen LogP contribution >= 0.6 is 0 Å². The number of aromatic nitrogens is 1. The standard InChI is InChI=1S/C15H20N2/c1-10(2)12-5-7-14-13(9-12)6-8-15(17-14)16-11(3)4/h5-11H,1-4H3,(H,16,17). The second-order valence-electron chi connectivity index (χ2n) is 5.10. The van der Waals surface area contributed by atoms with Crippen LogP contribution < -0.4 is 5.32 Å². The number of benzene rings is 1. The Kier molecular flexibility index (Phi) is 3.32. The molecule has 1 aromatic carbocycles. The van der Waals surface area contributed by atoms with Crippen LogP contribution in [0.15, 0.2) is 30.3 Å². The van der Waals surface area contributed by atoms with Crippen LogP contribution in [0.4, 0.5) is 5.82 Å². The highest BCUT2D eigenvalue weighted by Gasteiger charge is 2.03. The van der Waals surface area contributed by atoms with E-state index in [1.54, 1.807) is 0 Å². The predicted octanol–water partition coefficient (Wildman–Crippen LogP) is 4.18. The fourth-order valence-electron chi connectivity index (χ4n) is 1.88. The summed E-state index contributed by atoms with van der Waals surface area (Å²) in [5.41, 5.74) is 2.42. The van der Waals surface area contributed by atoms with Gasteiger partial charge in [0, 0.05) is 11.4 Å². The Labute approximate surface area is 103 Å². The van der Waals surface area contributed by atoms with Gasteiger partial charge >= 0.3 is 0 Å². The number of nitrogens with one attached hydrogen (secondary N) is 1. The number of hydrogen-bond donors (Lipinski definition) is 1. The first kappa shape index (κ1) is 11.9. The minimum atomic E-state index is 0.412. The molecule has 0 aliphatic carbocycles. The first-order valence-electron chi connectivity index (χ1n) is 6.23. The normalized spacial score (nSPS) is 11.4. The van der Waals surface area contributed by atoms with Gasteiger partial charge in [-0.1, -0.05) is 19.9 Å². The third kappa shape index (κ3) is 2.76. The van der Waals surface area contributed by atoms with Gasteiger partial charge in [0.05, 0.1) is 5.52 Å². The lowest BCUT2D eigenvalue weighted by Crippen LogP contribution is -2.10. The Hall–Kier alpha value is -1.57. The second kappa shape index (κ2) is 4.74. The summed E-state index contributed by atoms with van der Waals surface area (Å²) in [5.74, 6) is 1.51. The molecule has 1 N–H and O–H groups in total. The van der Waals surface area contributed by atoms with Crippen LogP contribution in [-0.2, 0) is 0 Å². The summed E-state index contributed by atoms with van der Waals surface area (Å²) in [5, 5.41) is 4.54. The molecular formula is C15H20N2. The number of pyridine rings is 1. The summed E-state index contributed by atoms with van der Waals surface area (Å²) < 4.78 is 0. The molecule has 0 radical (unpaired) electrons. The highest BCUT2D eigenvalue weighted by Crippen LogP contribution is 2.21. The molecule has 0 unspecified atom stereocenters. The van der Waals surface area contributed by atoms with E-state index in [2.05, 4.69) is 62.3 Å². The van der Waals surface area contributed by atoms with E-state index in [1.165, 1.54) is 10.9 Å². The molecular weight excluding hydrogens is 208 g/mol. The fourth-order valence-corrected chi connectivity index (χ4v) is 1.88. The second-order valence-corrected chi connectivity index (χ2v) is 5.10. The summed E-state index contributed by atoms with van der Waals surface area (Å²) in [7, 11) is 0. The van der Waals surface area contributed by atoms with Crippen molar-refractivity contribution in [3.05, 3.63) is 35.9 Å². The van der Waals surface area contributed by atoms with Crippen LogP contribution in [0.3, 0.4) is 0 Å². The van der Waals surface area contributed by atoms with E-state index < -0.39 is 0 Å². The first-order valence-corrected chi connectivity index (χ1v) is 6.23. The number of rotatable bonds is 3. The molecule has 1 aromatic heterocycles. The molecule has 2 nitrogen and oxygen atoms in total. The van der Waals surface area contributed by atoms with Crippen molar-refractivity contribution in [2.24, 2.45) is 0 Å². The Morgan fingerprint density at radius 3 is 2.41 bits per heavy atom. The SMILES string of the molecule is CC(C)Nc1ccc2cc(C(C)C)ccc2n1. The summed E-state index contributed by atoms with van der Waals surface area (Å²) in [4.78, 5) is 4.60. The van der Waals surface area contributed by atoms with Gasteiger partial charge in [-0.25, -0.2) is 4.98 Å². The van der Waals surface area contributed by atoms with E-state index in [-0.39, 0.29) is 0 Å². The molecule has 2 aromatic rings. The molecule has 90 valence electrons. The van der Waals surface area contributed by atoms with E-state index in [4.69, 9.17) is 0 Å². The van der Waals surface area contributed by atoms with Crippen LogP contribution in [0.25, 0.3) is 10.9 Å². The highest BCUT2D eigenvalue weighted by atomic mass is 15.0. The van der Waals surface area contributed by atoms with E-state index >= 15 is 0 Å². The van der Waals surface area contributed by atoms with Gasteiger partial charge in [0.15, 0.2) is 0 Å². The van der Waals surface area contributed by atoms with Crippen molar-refractivity contribution in [3.8, 4) is 0 Å². The smallest absolute Gasteiger partial charge is 0.126 e. The maximum atomic E-state index is 4.60. The van der Waals surface area contributed by atoms with Crippen molar-refractivity contribution in [1.29, 1.82) is 0 Å². The summed E-state index contributed by atoms with van der Waals surface area (Å²) in [6.45, 7) is 8.66. The monoisotopic (exact) mass is 228 g/mol. The molecule has 0 spiro atoms. The lowest BCUT2D eigenvalue weighted by Gasteiger charge is -2.11. The molecule has 0 saturated carbocycles. The zero-order valence-electron chi connectivity index (χ0n) is 11.0.